The Balaban J connectivity index is 2.63. The van der Waals surface area contributed by atoms with Crippen LogP contribution in [0, 0.1) is 0 Å². The van der Waals surface area contributed by atoms with Gasteiger partial charge in [0.05, 0.1) is 19.8 Å². The second-order valence-corrected chi connectivity index (χ2v) is 6.54. The first-order valence-electron chi connectivity index (χ1n) is 7.98. The van der Waals surface area contributed by atoms with E-state index in [4.69, 9.17) is 9.47 Å². The van der Waals surface area contributed by atoms with Crippen molar-refractivity contribution < 1.29 is 55.1 Å². The molecular weight excluding hydrogens is 358 g/mol. The molecular formula is C14H25NO11. The lowest BCUT2D eigenvalue weighted by Crippen LogP contribution is -2.88. The molecule has 12 nitrogen and oxygen atoms in total. The maximum Gasteiger partial charge on any atom is 0.217 e. The van der Waals surface area contributed by atoms with Gasteiger partial charge in [0.15, 0.2) is 17.4 Å². The molecule has 152 valence electrons. The smallest absolute Gasteiger partial charge is 0.217 e. The molecule has 0 bridgehead atoms. The zero-order chi connectivity index (χ0) is 19.9. The Morgan fingerprint density at radius 1 is 1.08 bits per heavy atom. The second kappa shape index (κ2) is 7.59. The third kappa shape index (κ3) is 2.92. The highest BCUT2D eigenvalue weighted by atomic mass is 16.6. The first-order valence-corrected chi connectivity index (χ1v) is 7.98. The number of carbonyl (C=O) groups excluding carboxylic acids is 1. The lowest BCUT2D eigenvalue weighted by molar-refractivity contribution is -0.360. The van der Waals surface area contributed by atoms with E-state index in [1.54, 1.807) is 0 Å². The molecule has 9 atom stereocenters. The highest BCUT2D eigenvalue weighted by Gasteiger charge is 2.72. The summed E-state index contributed by atoms with van der Waals surface area (Å²) in [6.45, 7) is -1.26. The summed E-state index contributed by atoms with van der Waals surface area (Å²) in [4.78, 5) is 11.7. The molecule has 0 aromatic heterocycles. The van der Waals surface area contributed by atoms with Crippen LogP contribution in [-0.4, -0.2) is 121 Å². The van der Waals surface area contributed by atoms with Crippen LogP contribution in [0.25, 0.3) is 0 Å². The summed E-state index contributed by atoms with van der Waals surface area (Å²) in [5, 5.41) is 83.8. The number of nitrogens with one attached hydrogen (secondary N) is 1. The van der Waals surface area contributed by atoms with E-state index in [1.165, 1.54) is 0 Å². The Morgan fingerprint density at radius 2 is 1.65 bits per heavy atom. The summed E-state index contributed by atoms with van der Waals surface area (Å²) in [7, 11) is 0. The maximum atomic E-state index is 11.7. The Morgan fingerprint density at radius 3 is 2.15 bits per heavy atom. The molecule has 0 saturated carbocycles. The molecule has 2 aliphatic rings. The predicted molar refractivity (Wildman–Crippen MR) is 80.3 cm³/mol. The third-order valence-electron chi connectivity index (χ3n) is 5.05. The van der Waals surface area contributed by atoms with Crippen LogP contribution in [0.2, 0.25) is 0 Å². The summed E-state index contributed by atoms with van der Waals surface area (Å²) in [6.07, 6.45) is -13.3. The fourth-order valence-electron chi connectivity index (χ4n) is 3.67. The minimum Gasteiger partial charge on any atom is -0.394 e. The van der Waals surface area contributed by atoms with E-state index in [9.17, 15) is 45.6 Å². The van der Waals surface area contributed by atoms with Crippen molar-refractivity contribution in [3.63, 3.8) is 0 Å². The molecule has 9 N–H and O–H groups in total. The second-order valence-electron chi connectivity index (χ2n) is 6.54. The van der Waals surface area contributed by atoms with Crippen molar-refractivity contribution in [1.29, 1.82) is 0 Å². The van der Waals surface area contributed by atoms with Gasteiger partial charge in [-0.15, -0.1) is 0 Å². The number of carbonyl (C=O) groups is 1. The van der Waals surface area contributed by atoms with Crippen molar-refractivity contribution in [2.75, 3.05) is 19.8 Å². The fraction of sp³-hybridized carbons (Fsp3) is 0.929. The van der Waals surface area contributed by atoms with E-state index in [1.807, 2.05) is 0 Å². The van der Waals surface area contributed by atoms with Gasteiger partial charge >= 0.3 is 0 Å². The van der Waals surface area contributed by atoms with Crippen LogP contribution < -0.4 is 5.32 Å². The van der Waals surface area contributed by atoms with E-state index in [0.29, 0.717) is 0 Å². The molecule has 0 unspecified atom stereocenters. The van der Waals surface area contributed by atoms with Gasteiger partial charge in [-0.3, -0.25) is 4.79 Å². The van der Waals surface area contributed by atoms with Crippen LogP contribution >= 0.6 is 0 Å². The lowest BCUT2D eigenvalue weighted by atomic mass is 9.63. The number of hydrogen-bond donors (Lipinski definition) is 9. The average molecular weight is 383 g/mol. The zero-order valence-electron chi connectivity index (χ0n) is 14.0. The van der Waals surface area contributed by atoms with Crippen LogP contribution in [0.4, 0.5) is 0 Å². The van der Waals surface area contributed by atoms with Crippen LogP contribution in [0.15, 0.2) is 0 Å². The maximum absolute atomic E-state index is 11.7. The molecule has 0 aromatic carbocycles. The van der Waals surface area contributed by atoms with E-state index < -0.39 is 79.8 Å². The number of hydrogen-bond acceptors (Lipinski definition) is 11. The van der Waals surface area contributed by atoms with Crippen LogP contribution in [-0.2, 0) is 14.3 Å². The van der Waals surface area contributed by atoms with Gasteiger partial charge in [-0.1, -0.05) is 0 Å². The number of rotatable bonds is 4. The first kappa shape index (κ1) is 21.4. The summed E-state index contributed by atoms with van der Waals surface area (Å²) >= 11 is 0. The van der Waals surface area contributed by atoms with Gasteiger partial charge in [-0.2, -0.15) is 0 Å². The predicted octanol–water partition coefficient (Wildman–Crippen LogP) is -5.86. The summed E-state index contributed by atoms with van der Waals surface area (Å²) in [6, 6.07) is 0. The minimum atomic E-state index is -2.90. The number of ether oxygens (including phenoxy) is 2. The monoisotopic (exact) mass is 383 g/mol. The van der Waals surface area contributed by atoms with Crippen LogP contribution in [0.1, 0.15) is 6.92 Å². The molecule has 0 aromatic rings. The van der Waals surface area contributed by atoms with Gasteiger partial charge in [0.2, 0.25) is 5.91 Å². The van der Waals surface area contributed by atoms with Crippen LogP contribution in [0.5, 0.6) is 0 Å². The zero-order valence-corrected chi connectivity index (χ0v) is 14.0. The lowest BCUT2D eigenvalue weighted by Gasteiger charge is -2.60. The highest BCUT2D eigenvalue weighted by molar-refractivity contribution is 5.74. The average Bonchev–Trinajstić information content (AvgIpc) is 2.59. The van der Waals surface area contributed by atoms with Gasteiger partial charge in [0.1, 0.15) is 36.6 Å². The van der Waals surface area contributed by atoms with Crippen molar-refractivity contribution in [2.45, 2.75) is 61.0 Å². The van der Waals surface area contributed by atoms with E-state index in [-0.39, 0.29) is 0 Å². The summed E-state index contributed by atoms with van der Waals surface area (Å²) in [5.74, 6) is -0.902. The van der Waals surface area contributed by atoms with Crippen molar-refractivity contribution >= 4 is 5.91 Å². The summed E-state index contributed by atoms with van der Waals surface area (Å²) < 4.78 is 10.0. The topological polar surface area (TPSA) is 209 Å². The molecule has 2 saturated heterocycles. The van der Waals surface area contributed by atoms with Gasteiger partial charge in [-0.25, -0.2) is 0 Å². The largest absolute Gasteiger partial charge is 0.394 e. The highest BCUT2D eigenvalue weighted by Crippen LogP contribution is 2.44. The molecule has 2 rings (SSSR count). The SMILES string of the molecule is CC(=O)N[C@@]1([C@]2(O)[C@@H](O)CO[C@H](CO)[C@@H]2O)[C@@H](O)O[C@H](CO)[C@H](O)[C@@H]1O. The minimum absolute atomic E-state index is 0.626. The van der Waals surface area contributed by atoms with E-state index in [2.05, 4.69) is 5.32 Å². The number of aliphatic hydroxyl groups excluding tert-OH is 7. The van der Waals surface area contributed by atoms with Crippen LogP contribution in [0.3, 0.4) is 0 Å². The molecule has 12 heteroatoms. The Hall–Kier alpha value is -0.930. The van der Waals surface area contributed by atoms with Gasteiger partial charge in [0, 0.05) is 6.92 Å². The molecule has 26 heavy (non-hydrogen) atoms. The van der Waals surface area contributed by atoms with Crippen molar-refractivity contribution in [2.24, 2.45) is 0 Å². The van der Waals surface area contributed by atoms with E-state index in [0.717, 1.165) is 6.92 Å². The molecule has 1 amide bonds. The Labute approximate surface area is 148 Å². The number of aliphatic hydroxyl groups is 8. The fourth-order valence-corrected chi connectivity index (χ4v) is 3.67. The van der Waals surface area contributed by atoms with Gasteiger partial charge in [0.25, 0.3) is 0 Å². The Bertz CT molecular complexity index is 521. The molecule has 2 fully saturated rings. The molecule has 0 radical (unpaired) electrons. The summed E-state index contributed by atoms with van der Waals surface area (Å²) in [5.41, 5.74) is -5.61. The number of amides is 1. The molecule has 2 heterocycles. The van der Waals surface area contributed by atoms with Gasteiger partial charge in [-0.05, 0) is 0 Å². The molecule has 0 spiro atoms. The van der Waals surface area contributed by atoms with Crippen molar-refractivity contribution in [3.8, 4) is 0 Å². The quantitative estimate of drug-likeness (QED) is 0.223. The molecule has 0 aliphatic carbocycles. The third-order valence-corrected chi connectivity index (χ3v) is 5.05. The van der Waals surface area contributed by atoms with Gasteiger partial charge < -0.3 is 55.6 Å². The van der Waals surface area contributed by atoms with E-state index >= 15 is 0 Å². The van der Waals surface area contributed by atoms with Crippen molar-refractivity contribution in [1.82, 2.24) is 5.32 Å². The van der Waals surface area contributed by atoms with Crippen molar-refractivity contribution in [3.05, 3.63) is 0 Å². The molecule has 2 aliphatic heterocycles. The Kier molecular flexibility index (Phi) is 6.24. The normalized spacial score (nSPS) is 49.7. The first-order chi connectivity index (χ1) is 12.1. The standard InChI is InChI=1S/C14H25NO11/c1-5(18)15-13(11(22)9(20)6(2-16)26-12(13)23)14(24)8(19)4-25-7(3-17)10(14)21/h6-12,16-17,19-24H,2-4H2,1H3,(H,15,18)/t6-,7-,8+,9+,10+,11+,12+,13-,14+/m1/s1.